The number of hydrogen-bond donors (Lipinski definition) is 0. The molecule has 3 saturated heterocycles. The molecule has 0 radical (unpaired) electrons. The zero-order chi connectivity index (χ0) is 24.4. The van der Waals surface area contributed by atoms with Crippen LogP contribution in [0.25, 0.3) is 0 Å². The minimum absolute atomic E-state index is 0.000688. The van der Waals surface area contributed by atoms with E-state index in [1.165, 1.54) is 0 Å². The molecule has 0 N–H and O–H groups in total. The fourth-order valence-electron chi connectivity index (χ4n) is 5.48. The second-order valence-electron chi connectivity index (χ2n) is 9.78. The van der Waals surface area contributed by atoms with Gasteiger partial charge in [-0.3, -0.25) is 14.4 Å². The molecule has 3 aliphatic heterocycles. The van der Waals surface area contributed by atoms with Crippen molar-refractivity contribution in [1.29, 1.82) is 0 Å². The molecule has 1 spiro atoms. The number of piperidine rings is 1. The van der Waals surface area contributed by atoms with E-state index in [1.54, 1.807) is 4.90 Å². The van der Waals surface area contributed by atoms with Crippen LogP contribution in [0.4, 0.5) is 5.69 Å². The van der Waals surface area contributed by atoms with Crippen LogP contribution < -0.4 is 4.90 Å². The third kappa shape index (κ3) is 4.50. The van der Waals surface area contributed by atoms with Crippen molar-refractivity contribution in [3.8, 4) is 0 Å². The number of likely N-dealkylation sites (tertiary alicyclic amines) is 1. The van der Waals surface area contributed by atoms with E-state index < -0.39 is 5.54 Å². The van der Waals surface area contributed by atoms with E-state index in [1.807, 2.05) is 70.5 Å². The lowest BCUT2D eigenvalue weighted by molar-refractivity contribution is -0.141. The number of nitrogens with zero attached hydrogens (tertiary/aromatic N) is 5. The average Bonchev–Trinajstić information content (AvgIpc) is 3.16. The molecule has 35 heavy (non-hydrogen) atoms. The summed E-state index contributed by atoms with van der Waals surface area (Å²) in [5, 5.41) is 0. The fourth-order valence-corrected chi connectivity index (χ4v) is 5.48. The van der Waals surface area contributed by atoms with Gasteiger partial charge in [-0.15, -0.1) is 0 Å². The maximum absolute atomic E-state index is 13.9. The summed E-state index contributed by atoms with van der Waals surface area (Å²) < 4.78 is 0. The van der Waals surface area contributed by atoms with Crippen molar-refractivity contribution in [2.45, 2.75) is 18.4 Å². The van der Waals surface area contributed by atoms with Gasteiger partial charge >= 0.3 is 0 Å². The van der Waals surface area contributed by atoms with Gasteiger partial charge in [-0.2, -0.15) is 0 Å². The molecule has 0 saturated carbocycles. The molecule has 3 amide bonds. The second kappa shape index (κ2) is 9.70. The van der Waals surface area contributed by atoms with E-state index >= 15 is 0 Å². The maximum Gasteiger partial charge on any atom is 0.253 e. The van der Waals surface area contributed by atoms with Crippen molar-refractivity contribution in [3.63, 3.8) is 0 Å². The number of benzene rings is 2. The van der Waals surface area contributed by atoms with Crippen LogP contribution in [0.5, 0.6) is 0 Å². The van der Waals surface area contributed by atoms with Crippen molar-refractivity contribution in [2.24, 2.45) is 0 Å². The summed E-state index contributed by atoms with van der Waals surface area (Å²) in [4.78, 5) is 49.7. The number of amides is 3. The van der Waals surface area contributed by atoms with E-state index in [-0.39, 0.29) is 24.3 Å². The molecule has 2 aromatic carbocycles. The first-order valence-electron chi connectivity index (χ1n) is 12.4. The molecule has 5 rings (SSSR count). The molecule has 2 aromatic rings. The van der Waals surface area contributed by atoms with Gasteiger partial charge in [0.15, 0.2) is 0 Å². The van der Waals surface area contributed by atoms with Crippen molar-refractivity contribution in [1.82, 2.24) is 19.6 Å². The first kappa shape index (κ1) is 23.4. The van der Waals surface area contributed by atoms with Crippen molar-refractivity contribution >= 4 is 23.4 Å². The molecule has 8 nitrogen and oxygen atoms in total. The van der Waals surface area contributed by atoms with Crippen LogP contribution in [-0.4, -0.2) is 102 Å². The predicted molar refractivity (Wildman–Crippen MR) is 134 cm³/mol. The van der Waals surface area contributed by atoms with Crippen LogP contribution in [0.3, 0.4) is 0 Å². The van der Waals surface area contributed by atoms with E-state index in [2.05, 4.69) is 16.8 Å². The summed E-state index contributed by atoms with van der Waals surface area (Å²) in [6, 6.07) is 19.2. The lowest BCUT2D eigenvalue weighted by Gasteiger charge is -2.43. The third-order valence-electron chi connectivity index (χ3n) is 7.66. The topological polar surface area (TPSA) is 67.4 Å². The number of hydrogen-bond acceptors (Lipinski definition) is 5. The SMILES string of the molecule is CN1CCN(C(=O)CN2CN(c3ccccc3)C3(CCN(C(=O)c4ccccc4)CC3)C2=O)CC1. The summed E-state index contributed by atoms with van der Waals surface area (Å²) in [6.07, 6.45) is 1.08. The van der Waals surface area contributed by atoms with Crippen LogP contribution in [-0.2, 0) is 9.59 Å². The lowest BCUT2D eigenvalue weighted by Crippen LogP contribution is -2.57. The van der Waals surface area contributed by atoms with Crippen LogP contribution in [0.2, 0.25) is 0 Å². The highest BCUT2D eigenvalue weighted by Gasteiger charge is 2.54. The molecule has 0 bridgehead atoms. The number of likely N-dealkylation sites (N-methyl/N-ethyl adjacent to an activating group) is 1. The largest absolute Gasteiger partial charge is 0.339 e. The Balaban J connectivity index is 1.34. The highest BCUT2D eigenvalue weighted by atomic mass is 16.2. The van der Waals surface area contributed by atoms with Crippen LogP contribution in [0, 0.1) is 0 Å². The Morgan fingerprint density at radius 2 is 1.40 bits per heavy atom. The van der Waals surface area contributed by atoms with E-state index in [0.29, 0.717) is 51.3 Å². The molecule has 0 unspecified atom stereocenters. The Morgan fingerprint density at radius 1 is 0.800 bits per heavy atom. The van der Waals surface area contributed by atoms with Gasteiger partial charge in [0.1, 0.15) is 12.1 Å². The summed E-state index contributed by atoms with van der Waals surface area (Å²) in [5.41, 5.74) is 0.899. The number of anilines is 1. The van der Waals surface area contributed by atoms with Gasteiger partial charge in [-0.25, -0.2) is 0 Å². The predicted octanol–water partition coefficient (Wildman–Crippen LogP) is 1.74. The molecule has 0 aliphatic carbocycles. The zero-order valence-electron chi connectivity index (χ0n) is 20.3. The first-order valence-corrected chi connectivity index (χ1v) is 12.4. The Hall–Kier alpha value is -3.39. The molecular weight excluding hydrogens is 442 g/mol. The van der Waals surface area contributed by atoms with Gasteiger partial charge in [0.2, 0.25) is 5.91 Å². The maximum atomic E-state index is 13.9. The van der Waals surface area contributed by atoms with Crippen molar-refractivity contribution in [2.75, 3.05) is 64.4 Å². The molecule has 0 aromatic heterocycles. The van der Waals surface area contributed by atoms with Crippen LogP contribution in [0.15, 0.2) is 60.7 Å². The minimum atomic E-state index is -0.739. The van der Waals surface area contributed by atoms with E-state index in [4.69, 9.17) is 0 Å². The van der Waals surface area contributed by atoms with Gasteiger partial charge in [-0.05, 0) is 44.2 Å². The number of carbonyl (C=O) groups excluding carboxylic acids is 3. The van der Waals surface area contributed by atoms with E-state index in [9.17, 15) is 14.4 Å². The van der Waals surface area contributed by atoms with Gasteiger partial charge in [0.05, 0.1) is 6.67 Å². The summed E-state index contributed by atoms with van der Waals surface area (Å²) >= 11 is 0. The monoisotopic (exact) mass is 475 g/mol. The van der Waals surface area contributed by atoms with Crippen LogP contribution >= 0.6 is 0 Å². The highest BCUT2D eigenvalue weighted by Crippen LogP contribution is 2.39. The Morgan fingerprint density at radius 3 is 2.03 bits per heavy atom. The zero-order valence-corrected chi connectivity index (χ0v) is 20.3. The number of para-hydroxylation sites is 1. The minimum Gasteiger partial charge on any atom is -0.339 e. The summed E-state index contributed by atoms with van der Waals surface area (Å²) in [7, 11) is 2.06. The van der Waals surface area contributed by atoms with Crippen molar-refractivity contribution < 1.29 is 14.4 Å². The Bertz CT molecular complexity index is 1060. The normalized spacial score (nSPS) is 20.5. The fraction of sp³-hybridized carbons (Fsp3) is 0.444. The Kier molecular flexibility index (Phi) is 6.47. The van der Waals surface area contributed by atoms with E-state index in [0.717, 1.165) is 18.8 Å². The number of piperazine rings is 1. The molecule has 0 atom stereocenters. The Labute approximate surface area is 206 Å². The molecular formula is C27H33N5O3. The lowest BCUT2D eigenvalue weighted by atomic mass is 9.85. The first-order chi connectivity index (χ1) is 17.0. The standard InChI is InChI=1S/C27H33N5O3/c1-28-16-18-29(19-17-28)24(33)20-31-21-32(23-10-6-3-7-11-23)27(26(31)35)12-14-30(15-13-27)25(34)22-8-4-2-5-9-22/h2-11H,12-21H2,1H3. The summed E-state index contributed by atoms with van der Waals surface area (Å²) in [5.74, 6) is 0.00287. The highest BCUT2D eigenvalue weighted by molar-refractivity contribution is 5.97. The number of rotatable bonds is 4. The molecule has 3 aliphatic rings. The molecule has 3 heterocycles. The van der Waals surface area contributed by atoms with Gasteiger partial charge in [-0.1, -0.05) is 36.4 Å². The van der Waals surface area contributed by atoms with Gasteiger partial charge in [0, 0.05) is 50.5 Å². The molecule has 8 heteroatoms. The third-order valence-corrected chi connectivity index (χ3v) is 7.66. The molecule has 184 valence electrons. The average molecular weight is 476 g/mol. The van der Waals surface area contributed by atoms with Gasteiger partial charge in [0.25, 0.3) is 11.8 Å². The summed E-state index contributed by atoms with van der Waals surface area (Å²) in [6.45, 7) is 4.58. The molecule has 3 fully saturated rings. The number of carbonyl (C=O) groups is 3. The quantitative estimate of drug-likeness (QED) is 0.674. The van der Waals surface area contributed by atoms with Crippen molar-refractivity contribution in [3.05, 3.63) is 66.2 Å². The van der Waals surface area contributed by atoms with Gasteiger partial charge < -0.3 is 24.5 Å². The van der Waals surface area contributed by atoms with Crippen LogP contribution in [0.1, 0.15) is 23.2 Å². The smallest absolute Gasteiger partial charge is 0.253 e. The second-order valence-corrected chi connectivity index (χ2v) is 9.78.